The van der Waals surface area contributed by atoms with Gasteiger partial charge in [0.05, 0.1) is 6.54 Å². The highest BCUT2D eigenvalue weighted by molar-refractivity contribution is 7.99. The van der Waals surface area contributed by atoms with E-state index in [2.05, 4.69) is 17.4 Å². The van der Waals surface area contributed by atoms with Crippen LogP contribution >= 0.6 is 11.8 Å². The lowest BCUT2D eigenvalue weighted by molar-refractivity contribution is -0.128. The van der Waals surface area contributed by atoms with Gasteiger partial charge in [0.15, 0.2) is 0 Å². The molecule has 1 aromatic rings. The molecule has 4 heteroatoms. The summed E-state index contributed by atoms with van der Waals surface area (Å²) in [5.74, 6) is 1.48. The summed E-state index contributed by atoms with van der Waals surface area (Å²) >= 11 is 2.03. The Morgan fingerprint density at radius 2 is 2.11 bits per heavy atom. The van der Waals surface area contributed by atoms with Crippen molar-refractivity contribution in [3.63, 3.8) is 0 Å². The first-order valence-corrected chi connectivity index (χ1v) is 8.09. The van der Waals surface area contributed by atoms with E-state index in [1.807, 2.05) is 34.9 Å². The third-order valence-corrected chi connectivity index (χ3v) is 5.25. The fourth-order valence-electron chi connectivity index (χ4n) is 2.85. The van der Waals surface area contributed by atoms with Crippen molar-refractivity contribution >= 4 is 17.7 Å². The first kappa shape index (κ1) is 13.0. The Bertz CT molecular complexity index is 431. The Kier molecular flexibility index (Phi) is 4.09. The van der Waals surface area contributed by atoms with Gasteiger partial charge in [-0.2, -0.15) is 11.8 Å². The van der Waals surface area contributed by atoms with E-state index in [1.165, 1.54) is 30.6 Å². The minimum atomic E-state index is 0.0660. The van der Waals surface area contributed by atoms with Crippen LogP contribution in [0.2, 0.25) is 0 Å². The molecule has 2 unspecified atom stereocenters. The Morgan fingerprint density at radius 1 is 1.26 bits per heavy atom. The SMILES string of the molecule is O=C1CNC(c2ccccc2)N1CC1CCCCS1. The zero-order chi connectivity index (χ0) is 13.1. The summed E-state index contributed by atoms with van der Waals surface area (Å²) < 4.78 is 0. The summed E-state index contributed by atoms with van der Waals surface area (Å²) in [5.41, 5.74) is 1.19. The minimum absolute atomic E-state index is 0.0660. The monoisotopic (exact) mass is 276 g/mol. The van der Waals surface area contributed by atoms with Crippen molar-refractivity contribution in [1.29, 1.82) is 0 Å². The Morgan fingerprint density at radius 3 is 2.84 bits per heavy atom. The molecule has 0 radical (unpaired) electrons. The molecule has 0 bridgehead atoms. The number of thioether (sulfide) groups is 1. The van der Waals surface area contributed by atoms with Gasteiger partial charge in [-0.25, -0.2) is 0 Å². The van der Waals surface area contributed by atoms with Crippen LogP contribution in [0.4, 0.5) is 0 Å². The molecule has 1 N–H and O–H groups in total. The van der Waals surface area contributed by atoms with Crippen LogP contribution in [-0.4, -0.2) is 34.9 Å². The number of carbonyl (C=O) groups excluding carboxylic acids is 1. The van der Waals surface area contributed by atoms with Gasteiger partial charge in [-0.15, -0.1) is 0 Å². The molecule has 1 amide bonds. The molecule has 3 nitrogen and oxygen atoms in total. The number of hydrogen-bond donors (Lipinski definition) is 1. The summed E-state index contributed by atoms with van der Waals surface area (Å²) in [7, 11) is 0. The molecule has 2 aliphatic rings. The van der Waals surface area contributed by atoms with E-state index >= 15 is 0 Å². The van der Waals surface area contributed by atoms with Crippen LogP contribution < -0.4 is 5.32 Å². The number of benzene rings is 1. The van der Waals surface area contributed by atoms with Crippen molar-refractivity contribution in [3.8, 4) is 0 Å². The largest absolute Gasteiger partial charge is 0.321 e. The molecule has 2 atom stereocenters. The molecule has 19 heavy (non-hydrogen) atoms. The molecule has 0 saturated carbocycles. The summed E-state index contributed by atoms with van der Waals surface area (Å²) in [6.07, 6.45) is 3.95. The molecule has 0 aliphatic carbocycles. The van der Waals surface area contributed by atoms with E-state index in [-0.39, 0.29) is 12.1 Å². The number of amides is 1. The van der Waals surface area contributed by atoms with Gasteiger partial charge in [0, 0.05) is 11.8 Å². The molecular formula is C15H20N2OS. The molecule has 0 aromatic heterocycles. The molecule has 3 rings (SSSR count). The highest BCUT2D eigenvalue weighted by Crippen LogP contribution is 2.29. The van der Waals surface area contributed by atoms with Crippen molar-refractivity contribution in [2.45, 2.75) is 30.7 Å². The van der Waals surface area contributed by atoms with Crippen LogP contribution in [0.15, 0.2) is 30.3 Å². The van der Waals surface area contributed by atoms with Crippen LogP contribution in [0.3, 0.4) is 0 Å². The van der Waals surface area contributed by atoms with Crippen LogP contribution in [0, 0.1) is 0 Å². The van der Waals surface area contributed by atoms with E-state index in [0.29, 0.717) is 11.8 Å². The van der Waals surface area contributed by atoms with Gasteiger partial charge >= 0.3 is 0 Å². The van der Waals surface area contributed by atoms with Gasteiger partial charge in [-0.1, -0.05) is 36.8 Å². The quantitative estimate of drug-likeness (QED) is 0.920. The van der Waals surface area contributed by atoms with Gasteiger partial charge in [0.2, 0.25) is 5.91 Å². The Hall–Kier alpha value is -1.000. The van der Waals surface area contributed by atoms with Crippen molar-refractivity contribution in [2.75, 3.05) is 18.8 Å². The van der Waals surface area contributed by atoms with Gasteiger partial charge in [-0.3, -0.25) is 10.1 Å². The van der Waals surface area contributed by atoms with Crippen LogP contribution in [0.5, 0.6) is 0 Å². The Labute approximate surface area is 118 Å². The van der Waals surface area contributed by atoms with Crippen molar-refractivity contribution in [2.24, 2.45) is 0 Å². The van der Waals surface area contributed by atoms with Crippen molar-refractivity contribution in [3.05, 3.63) is 35.9 Å². The maximum absolute atomic E-state index is 12.1. The second-order valence-corrected chi connectivity index (χ2v) is 6.64. The van der Waals surface area contributed by atoms with E-state index in [4.69, 9.17) is 0 Å². The second-order valence-electron chi connectivity index (χ2n) is 5.23. The molecular weight excluding hydrogens is 256 g/mol. The third-order valence-electron chi connectivity index (χ3n) is 3.87. The predicted octanol–water partition coefficient (Wildman–Crippen LogP) is 2.40. The van der Waals surface area contributed by atoms with Crippen molar-refractivity contribution < 1.29 is 4.79 Å². The maximum atomic E-state index is 12.1. The second kappa shape index (κ2) is 5.97. The van der Waals surface area contributed by atoms with Crippen LogP contribution in [0.25, 0.3) is 0 Å². The molecule has 0 spiro atoms. The average molecular weight is 276 g/mol. The lowest BCUT2D eigenvalue weighted by Gasteiger charge is -2.30. The third kappa shape index (κ3) is 2.95. The van der Waals surface area contributed by atoms with Crippen LogP contribution in [-0.2, 0) is 4.79 Å². The average Bonchev–Trinajstić information content (AvgIpc) is 2.82. The molecule has 102 valence electrons. The van der Waals surface area contributed by atoms with Crippen molar-refractivity contribution in [1.82, 2.24) is 10.2 Å². The first-order chi connectivity index (χ1) is 9.34. The zero-order valence-electron chi connectivity index (χ0n) is 11.0. The molecule has 2 fully saturated rings. The normalized spacial score (nSPS) is 27.8. The van der Waals surface area contributed by atoms with E-state index in [1.54, 1.807) is 0 Å². The van der Waals surface area contributed by atoms with Crippen LogP contribution in [0.1, 0.15) is 31.0 Å². The number of nitrogens with one attached hydrogen (secondary N) is 1. The van der Waals surface area contributed by atoms with E-state index < -0.39 is 0 Å². The molecule has 2 aliphatic heterocycles. The smallest absolute Gasteiger partial charge is 0.238 e. The minimum Gasteiger partial charge on any atom is -0.321 e. The molecule has 1 aromatic carbocycles. The van der Waals surface area contributed by atoms with E-state index in [9.17, 15) is 4.79 Å². The summed E-state index contributed by atoms with van der Waals surface area (Å²) in [6.45, 7) is 1.35. The molecule has 2 heterocycles. The standard InChI is InChI=1S/C15H20N2OS/c18-14-10-16-15(12-6-2-1-3-7-12)17(14)11-13-8-4-5-9-19-13/h1-3,6-7,13,15-16H,4-5,8-11H2. The molecule has 2 saturated heterocycles. The summed E-state index contributed by atoms with van der Waals surface area (Å²) in [5, 5.41) is 3.94. The van der Waals surface area contributed by atoms with Gasteiger partial charge in [0.25, 0.3) is 0 Å². The van der Waals surface area contributed by atoms with Gasteiger partial charge < -0.3 is 4.90 Å². The maximum Gasteiger partial charge on any atom is 0.238 e. The lowest BCUT2D eigenvalue weighted by Crippen LogP contribution is -2.36. The number of nitrogens with zero attached hydrogens (tertiary/aromatic N) is 1. The predicted molar refractivity (Wildman–Crippen MR) is 79.0 cm³/mol. The number of rotatable bonds is 3. The fourth-order valence-corrected chi connectivity index (χ4v) is 4.15. The summed E-state index contributed by atoms with van der Waals surface area (Å²) in [4.78, 5) is 14.1. The fraction of sp³-hybridized carbons (Fsp3) is 0.533. The summed E-state index contributed by atoms with van der Waals surface area (Å²) in [6, 6.07) is 10.3. The Balaban J connectivity index is 1.71. The highest BCUT2D eigenvalue weighted by Gasteiger charge is 2.33. The number of carbonyl (C=O) groups is 1. The zero-order valence-corrected chi connectivity index (χ0v) is 11.9. The highest BCUT2D eigenvalue weighted by atomic mass is 32.2. The van der Waals surface area contributed by atoms with E-state index in [0.717, 1.165) is 6.54 Å². The number of hydrogen-bond acceptors (Lipinski definition) is 3. The first-order valence-electron chi connectivity index (χ1n) is 7.04. The lowest BCUT2D eigenvalue weighted by atomic mass is 10.1. The van der Waals surface area contributed by atoms with Gasteiger partial charge in [0.1, 0.15) is 6.17 Å². The van der Waals surface area contributed by atoms with Gasteiger partial charge in [-0.05, 0) is 24.2 Å². The topological polar surface area (TPSA) is 32.3 Å².